The van der Waals surface area contributed by atoms with E-state index in [0.29, 0.717) is 25.7 Å². The van der Waals surface area contributed by atoms with Gasteiger partial charge in [-0.25, -0.2) is 0 Å². The van der Waals surface area contributed by atoms with Gasteiger partial charge < -0.3 is 19.8 Å². The third-order valence-corrected chi connectivity index (χ3v) is 9.10. The van der Waals surface area contributed by atoms with Gasteiger partial charge in [0.1, 0.15) is 0 Å². The molecule has 0 radical (unpaired) electrons. The van der Waals surface area contributed by atoms with Gasteiger partial charge in [0.2, 0.25) is 0 Å². The van der Waals surface area contributed by atoms with E-state index in [1.807, 2.05) is 11.0 Å². The number of β-amino-alcohol motifs (C(OH)–C–C–N with tert-alkyl or cyclic N) is 1. The fourth-order valence-corrected chi connectivity index (χ4v) is 6.98. The Labute approximate surface area is 229 Å². The molecule has 5 rings (SSSR count). The molecular formula is C32H46N4O2. The van der Waals surface area contributed by atoms with E-state index >= 15 is 0 Å². The molecule has 0 aromatic heterocycles. The van der Waals surface area contributed by atoms with Gasteiger partial charge in [-0.1, -0.05) is 52.0 Å². The van der Waals surface area contributed by atoms with Crippen LogP contribution in [0, 0.1) is 0 Å². The Kier molecular flexibility index (Phi) is 8.13. The molecule has 3 aliphatic heterocycles. The number of fused-ring (bicyclic) bond motifs is 2. The minimum atomic E-state index is -0.562. The predicted octanol–water partition coefficient (Wildman–Crippen LogP) is 4.15. The molecule has 206 valence electrons. The predicted molar refractivity (Wildman–Crippen MR) is 155 cm³/mol. The first kappa shape index (κ1) is 27.2. The number of anilines is 1. The van der Waals surface area contributed by atoms with Crippen molar-refractivity contribution in [1.82, 2.24) is 14.7 Å². The van der Waals surface area contributed by atoms with Crippen LogP contribution in [0.2, 0.25) is 0 Å². The van der Waals surface area contributed by atoms with Crippen LogP contribution in [0.25, 0.3) is 0 Å². The summed E-state index contributed by atoms with van der Waals surface area (Å²) in [6, 6.07) is 15.7. The SMILES string of the molecule is CCN(CC)C1CCN(c2ccc3c(c2)C(C)(C)CN(C[C@H](O)CN2CCc4ccccc4C2)C3=O)CC1. The first-order valence-electron chi connectivity index (χ1n) is 14.7. The smallest absolute Gasteiger partial charge is 0.254 e. The minimum absolute atomic E-state index is 0.0501. The van der Waals surface area contributed by atoms with E-state index < -0.39 is 6.10 Å². The third-order valence-electron chi connectivity index (χ3n) is 9.10. The van der Waals surface area contributed by atoms with Crippen molar-refractivity contribution >= 4 is 11.6 Å². The van der Waals surface area contributed by atoms with E-state index in [4.69, 9.17) is 0 Å². The fraction of sp³-hybridized carbons (Fsp3) is 0.594. The largest absolute Gasteiger partial charge is 0.390 e. The summed E-state index contributed by atoms with van der Waals surface area (Å²) in [5, 5.41) is 11.0. The topological polar surface area (TPSA) is 50.3 Å². The van der Waals surface area contributed by atoms with E-state index in [9.17, 15) is 9.90 Å². The molecule has 6 heteroatoms. The van der Waals surface area contributed by atoms with Gasteiger partial charge in [0.05, 0.1) is 6.10 Å². The number of hydrogen-bond donors (Lipinski definition) is 1. The van der Waals surface area contributed by atoms with Crippen LogP contribution in [-0.2, 0) is 18.4 Å². The van der Waals surface area contributed by atoms with Crippen LogP contribution >= 0.6 is 0 Å². The van der Waals surface area contributed by atoms with Crippen LogP contribution in [0.5, 0.6) is 0 Å². The molecule has 2 aromatic carbocycles. The van der Waals surface area contributed by atoms with Crippen LogP contribution < -0.4 is 4.90 Å². The normalized spacial score (nSPS) is 20.9. The highest BCUT2D eigenvalue weighted by atomic mass is 16.3. The maximum atomic E-state index is 13.5. The van der Waals surface area contributed by atoms with Gasteiger partial charge in [0.15, 0.2) is 0 Å². The first-order valence-corrected chi connectivity index (χ1v) is 14.7. The molecule has 0 bridgehead atoms. The zero-order valence-electron chi connectivity index (χ0n) is 23.8. The zero-order valence-corrected chi connectivity index (χ0v) is 23.8. The summed E-state index contributed by atoms with van der Waals surface area (Å²) in [6.07, 6.45) is 2.83. The summed E-state index contributed by atoms with van der Waals surface area (Å²) in [5.41, 5.74) is 5.77. The third kappa shape index (κ3) is 5.63. The van der Waals surface area contributed by atoms with Crippen molar-refractivity contribution in [2.45, 2.75) is 71.1 Å². The van der Waals surface area contributed by atoms with Crippen molar-refractivity contribution in [3.63, 3.8) is 0 Å². The zero-order chi connectivity index (χ0) is 26.9. The van der Waals surface area contributed by atoms with Gasteiger partial charge in [0, 0.05) is 68.5 Å². The number of amides is 1. The highest BCUT2D eigenvalue weighted by molar-refractivity contribution is 5.98. The molecule has 0 saturated carbocycles. The summed E-state index contributed by atoms with van der Waals surface area (Å²) in [5.74, 6) is 0.0501. The summed E-state index contributed by atoms with van der Waals surface area (Å²) in [7, 11) is 0. The molecule has 3 heterocycles. The van der Waals surface area contributed by atoms with Gasteiger partial charge in [-0.3, -0.25) is 9.69 Å². The lowest BCUT2D eigenvalue weighted by Crippen LogP contribution is -2.51. The van der Waals surface area contributed by atoms with E-state index in [-0.39, 0.29) is 11.3 Å². The number of rotatable bonds is 8. The summed E-state index contributed by atoms with van der Waals surface area (Å²) in [4.78, 5) is 22.8. The standard InChI is InChI=1S/C32H46N4O2/c1-5-34(6-2)26-14-17-35(18-15-26)27-11-12-29-30(19-27)32(3,4)23-36(31(29)38)22-28(37)21-33-16-13-24-9-7-8-10-25(24)20-33/h7-12,19,26,28,37H,5-6,13-18,20-23H2,1-4H3/t28-/m1/s1. The molecule has 6 nitrogen and oxygen atoms in total. The number of aliphatic hydroxyl groups is 1. The summed E-state index contributed by atoms with van der Waals surface area (Å²) >= 11 is 0. The van der Waals surface area contributed by atoms with Gasteiger partial charge in [0.25, 0.3) is 5.91 Å². The number of piperidine rings is 1. The number of carbonyl (C=O) groups is 1. The van der Waals surface area contributed by atoms with Gasteiger partial charge >= 0.3 is 0 Å². The molecule has 3 aliphatic rings. The first-order chi connectivity index (χ1) is 18.3. The molecule has 2 aromatic rings. The quantitative estimate of drug-likeness (QED) is 0.569. The highest BCUT2D eigenvalue weighted by Crippen LogP contribution is 2.36. The van der Waals surface area contributed by atoms with Crippen molar-refractivity contribution in [1.29, 1.82) is 0 Å². The number of nitrogens with zero attached hydrogens (tertiary/aromatic N) is 4. The van der Waals surface area contributed by atoms with Crippen LogP contribution in [0.4, 0.5) is 5.69 Å². The lowest BCUT2D eigenvalue weighted by atomic mass is 9.77. The van der Waals surface area contributed by atoms with E-state index in [0.717, 1.165) is 56.8 Å². The lowest BCUT2D eigenvalue weighted by Gasteiger charge is -2.42. The van der Waals surface area contributed by atoms with Gasteiger partial charge in [-0.2, -0.15) is 0 Å². The minimum Gasteiger partial charge on any atom is -0.390 e. The molecule has 1 N–H and O–H groups in total. The number of aliphatic hydroxyl groups excluding tert-OH is 1. The number of carbonyl (C=O) groups excluding carboxylic acids is 1. The van der Waals surface area contributed by atoms with Crippen LogP contribution in [0.15, 0.2) is 42.5 Å². The monoisotopic (exact) mass is 518 g/mol. The van der Waals surface area contributed by atoms with E-state index in [1.165, 1.54) is 29.7 Å². The highest BCUT2D eigenvalue weighted by Gasteiger charge is 2.38. The van der Waals surface area contributed by atoms with E-state index in [1.54, 1.807) is 0 Å². The average Bonchev–Trinajstić information content (AvgIpc) is 2.92. The number of benzene rings is 2. The molecule has 0 spiro atoms. The maximum absolute atomic E-state index is 13.5. The Bertz CT molecular complexity index is 1120. The van der Waals surface area contributed by atoms with Crippen molar-refractivity contribution < 1.29 is 9.90 Å². The van der Waals surface area contributed by atoms with Crippen molar-refractivity contribution in [2.75, 3.05) is 57.3 Å². The molecular weight excluding hydrogens is 472 g/mol. The average molecular weight is 519 g/mol. The Morgan fingerprint density at radius 2 is 1.71 bits per heavy atom. The fourth-order valence-electron chi connectivity index (χ4n) is 6.98. The second kappa shape index (κ2) is 11.4. The Balaban J connectivity index is 1.22. The number of hydrogen-bond acceptors (Lipinski definition) is 5. The van der Waals surface area contributed by atoms with Gasteiger partial charge in [-0.05, 0) is 67.2 Å². The molecule has 1 saturated heterocycles. The second-order valence-corrected chi connectivity index (χ2v) is 12.1. The lowest BCUT2D eigenvalue weighted by molar-refractivity contribution is 0.0431. The van der Waals surface area contributed by atoms with Crippen molar-refractivity contribution in [3.8, 4) is 0 Å². The van der Waals surface area contributed by atoms with Crippen LogP contribution in [0.1, 0.15) is 67.6 Å². The van der Waals surface area contributed by atoms with Crippen LogP contribution in [0.3, 0.4) is 0 Å². The Hall–Kier alpha value is -2.41. The van der Waals surface area contributed by atoms with Crippen LogP contribution in [-0.4, -0.2) is 90.2 Å². The summed E-state index contributed by atoms with van der Waals surface area (Å²) in [6.45, 7) is 16.8. The molecule has 0 unspecified atom stereocenters. The molecule has 1 fully saturated rings. The van der Waals surface area contributed by atoms with Crippen molar-refractivity contribution in [2.24, 2.45) is 0 Å². The van der Waals surface area contributed by atoms with E-state index in [2.05, 4.69) is 78.8 Å². The summed E-state index contributed by atoms with van der Waals surface area (Å²) < 4.78 is 0. The second-order valence-electron chi connectivity index (χ2n) is 12.1. The molecule has 1 atom stereocenters. The Morgan fingerprint density at radius 3 is 2.42 bits per heavy atom. The molecule has 38 heavy (non-hydrogen) atoms. The molecule has 0 aliphatic carbocycles. The van der Waals surface area contributed by atoms with Gasteiger partial charge in [-0.15, -0.1) is 0 Å². The Morgan fingerprint density at radius 1 is 1.00 bits per heavy atom. The van der Waals surface area contributed by atoms with Crippen molar-refractivity contribution in [3.05, 3.63) is 64.7 Å². The molecule has 1 amide bonds. The maximum Gasteiger partial charge on any atom is 0.254 e.